The van der Waals surface area contributed by atoms with Gasteiger partial charge in [0.05, 0.1) is 25.9 Å². The summed E-state index contributed by atoms with van der Waals surface area (Å²) < 4.78 is 10.3. The molecule has 1 aliphatic rings. The molecule has 2 amide bonds. The van der Waals surface area contributed by atoms with Crippen LogP contribution < -0.4 is 15.4 Å². The maximum absolute atomic E-state index is 13.1. The molecule has 1 fully saturated rings. The number of anilines is 1. The summed E-state index contributed by atoms with van der Waals surface area (Å²) in [6, 6.07) is 7.13. The van der Waals surface area contributed by atoms with Gasteiger partial charge in [0, 0.05) is 13.1 Å². The van der Waals surface area contributed by atoms with Gasteiger partial charge in [-0.2, -0.15) is 0 Å². The van der Waals surface area contributed by atoms with E-state index in [0.717, 1.165) is 0 Å². The first-order chi connectivity index (χ1) is 12.9. The standard InChI is InChI=1S/C19H27N3O5/c1-4-27-18(25)22-11-9-19(10-12-22,20-13-14(2)23)17(24)21-15-7-5-6-8-16(15)26-3/h5-8,20H,4,9-13H2,1-3H3,(H,21,24). The van der Waals surface area contributed by atoms with Gasteiger partial charge in [-0.05, 0) is 38.8 Å². The van der Waals surface area contributed by atoms with Crippen LogP contribution in [0, 0.1) is 0 Å². The minimum absolute atomic E-state index is 0.0627. The van der Waals surface area contributed by atoms with Crippen LogP contribution in [0.4, 0.5) is 10.5 Å². The lowest BCUT2D eigenvalue weighted by molar-refractivity contribution is -0.125. The molecule has 1 aromatic rings. The first-order valence-corrected chi connectivity index (χ1v) is 9.02. The summed E-state index contributed by atoms with van der Waals surface area (Å²) in [4.78, 5) is 38.1. The molecule has 0 saturated carbocycles. The SMILES string of the molecule is CCOC(=O)N1CCC(NCC(C)=O)(C(=O)Nc2ccccc2OC)CC1. The number of piperidine rings is 1. The van der Waals surface area contributed by atoms with E-state index in [0.29, 0.717) is 44.0 Å². The maximum atomic E-state index is 13.1. The Kier molecular flexibility index (Phi) is 7.18. The third-order valence-corrected chi connectivity index (χ3v) is 4.61. The summed E-state index contributed by atoms with van der Waals surface area (Å²) in [6.07, 6.45) is 0.364. The number of Topliss-reactive ketones (excluding diaryl/α,β-unsaturated/α-hetero) is 1. The van der Waals surface area contributed by atoms with Crippen molar-refractivity contribution in [2.75, 3.05) is 38.7 Å². The van der Waals surface area contributed by atoms with Crippen molar-refractivity contribution in [2.45, 2.75) is 32.2 Å². The zero-order valence-electron chi connectivity index (χ0n) is 16.0. The highest BCUT2D eigenvalue weighted by Crippen LogP contribution is 2.28. The Bertz CT molecular complexity index is 684. The van der Waals surface area contributed by atoms with Crippen LogP contribution in [-0.2, 0) is 14.3 Å². The molecule has 0 atom stereocenters. The van der Waals surface area contributed by atoms with Gasteiger partial charge in [0.25, 0.3) is 0 Å². The molecule has 148 valence electrons. The van der Waals surface area contributed by atoms with Crippen LogP contribution in [-0.4, -0.2) is 61.6 Å². The molecule has 0 unspecified atom stereocenters. The minimum Gasteiger partial charge on any atom is -0.495 e. The Balaban J connectivity index is 2.15. The van der Waals surface area contributed by atoms with Crippen LogP contribution in [0.15, 0.2) is 24.3 Å². The lowest BCUT2D eigenvalue weighted by Crippen LogP contribution is -2.61. The van der Waals surface area contributed by atoms with E-state index < -0.39 is 5.54 Å². The number of nitrogens with zero attached hydrogens (tertiary/aromatic N) is 1. The molecule has 2 N–H and O–H groups in total. The monoisotopic (exact) mass is 377 g/mol. The number of hydrogen-bond donors (Lipinski definition) is 2. The van der Waals surface area contributed by atoms with Gasteiger partial charge in [0.2, 0.25) is 5.91 Å². The van der Waals surface area contributed by atoms with Gasteiger partial charge in [-0.1, -0.05) is 12.1 Å². The second kappa shape index (κ2) is 9.36. The van der Waals surface area contributed by atoms with Crippen LogP contribution in [0.25, 0.3) is 0 Å². The predicted molar refractivity (Wildman–Crippen MR) is 101 cm³/mol. The van der Waals surface area contributed by atoms with E-state index >= 15 is 0 Å². The normalized spacial score (nSPS) is 15.7. The molecule has 27 heavy (non-hydrogen) atoms. The van der Waals surface area contributed by atoms with Crippen LogP contribution >= 0.6 is 0 Å². The molecule has 0 aromatic heterocycles. The fourth-order valence-electron chi connectivity index (χ4n) is 3.05. The topological polar surface area (TPSA) is 97.0 Å². The maximum Gasteiger partial charge on any atom is 0.409 e. The fraction of sp³-hybridized carbons (Fsp3) is 0.526. The summed E-state index contributed by atoms with van der Waals surface area (Å²) in [5.41, 5.74) is -0.392. The van der Waals surface area contributed by atoms with Crippen molar-refractivity contribution < 1.29 is 23.9 Å². The number of para-hydroxylation sites is 2. The number of amides is 2. The van der Waals surface area contributed by atoms with Crippen LogP contribution in [0.2, 0.25) is 0 Å². The van der Waals surface area contributed by atoms with Crippen LogP contribution in [0.3, 0.4) is 0 Å². The average molecular weight is 377 g/mol. The smallest absolute Gasteiger partial charge is 0.409 e. The quantitative estimate of drug-likeness (QED) is 0.752. The largest absolute Gasteiger partial charge is 0.495 e. The molecule has 1 heterocycles. The summed E-state index contributed by atoms with van der Waals surface area (Å²) in [5.74, 6) is 0.237. The molecule has 0 aliphatic carbocycles. The number of likely N-dealkylation sites (tertiary alicyclic amines) is 1. The average Bonchev–Trinajstić information content (AvgIpc) is 2.67. The molecule has 1 saturated heterocycles. The van der Waals surface area contributed by atoms with Crippen molar-refractivity contribution in [3.8, 4) is 5.75 Å². The van der Waals surface area contributed by atoms with E-state index in [1.54, 1.807) is 30.0 Å². The highest BCUT2D eigenvalue weighted by Gasteiger charge is 2.42. The highest BCUT2D eigenvalue weighted by molar-refractivity contribution is 5.99. The second-order valence-electron chi connectivity index (χ2n) is 6.48. The molecule has 1 aromatic carbocycles. The molecular formula is C19H27N3O5. The number of carbonyl (C=O) groups is 3. The number of ketones is 1. The van der Waals surface area contributed by atoms with E-state index in [2.05, 4.69) is 10.6 Å². The molecule has 0 bridgehead atoms. The van der Waals surface area contributed by atoms with Crippen molar-refractivity contribution in [3.63, 3.8) is 0 Å². The van der Waals surface area contributed by atoms with Crippen molar-refractivity contribution in [1.82, 2.24) is 10.2 Å². The van der Waals surface area contributed by atoms with E-state index in [-0.39, 0.29) is 24.3 Å². The molecule has 8 heteroatoms. The molecule has 1 aliphatic heterocycles. The summed E-state index contributed by atoms with van der Waals surface area (Å²) in [7, 11) is 1.53. The van der Waals surface area contributed by atoms with Crippen molar-refractivity contribution in [3.05, 3.63) is 24.3 Å². The van der Waals surface area contributed by atoms with E-state index in [1.165, 1.54) is 14.0 Å². The first-order valence-electron chi connectivity index (χ1n) is 9.02. The highest BCUT2D eigenvalue weighted by atomic mass is 16.6. The molecular weight excluding hydrogens is 350 g/mol. The van der Waals surface area contributed by atoms with Gasteiger partial charge >= 0.3 is 6.09 Å². The lowest BCUT2D eigenvalue weighted by atomic mass is 9.86. The van der Waals surface area contributed by atoms with E-state index in [1.807, 2.05) is 6.07 Å². The lowest BCUT2D eigenvalue weighted by Gasteiger charge is -2.40. The van der Waals surface area contributed by atoms with Gasteiger partial charge in [0.15, 0.2) is 0 Å². The van der Waals surface area contributed by atoms with Gasteiger partial charge in [-0.3, -0.25) is 14.9 Å². The number of nitrogens with one attached hydrogen (secondary N) is 2. The molecule has 8 nitrogen and oxygen atoms in total. The van der Waals surface area contributed by atoms with Crippen molar-refractivity contribution in [1.29, 1.82) is 0 Å². The Morgan fingerprint density at radius 2 is 1.85 bits per heavy atom. The Labute approximate surface area is 159 Å². The number of ether oxygens (including phenoxy) is 2. The van der Waals surface area contributed by atoms with Crippen molar-refractivity contribution >= 4 is 23.5 Å². The van der Waals surface area contributed by atoms with Gasteiger partial charge in [0.1, 0.15) is 17.1 Å². The fourth-order valence-corrected chi connectivity index (χ4v) is 3.05. The number of methoxy groups -OCH3 is 1. The van der Waals surface area contributed by atoms with Crippen LogP contribution in [0.1, 0.15) is 26.7 Å². The molecule has 2 rings (SSSR count). The van der Waals surface area contributed by atoms with Crippen molar-refractivity contribution in [2.24, 2.45) is 0 Å². The summed E-state index contributed by atoms with van der Waals surface area (Å²) in [5, 5.41) is 5.99. The number of benzene rings is 1. The third-order valence-electron chi connectivity index (χ3n) is 4.61. The van der Waals surface area contributed by atoms with E-state index in [9.17, 15) is 14.4 Å². The van der Waals surface area contributed by atoms with E-state index in [4.69, 9.17) is 9.47 Å². The Morgan fingerprint density at radius 1 is 1.19 bits per heavy atom. The summed E-state index contributed by atoms with van der Waals surface area (Å²) in [6.45, 7) is 4.33. The zero-order chi connectivity index (χ0) is 19.9. The van der Waals surface area contributed by atoms with Crippen LogP contribution in [0.5, 0.6) is 5.75 Å². The number of hydrogen-bond acceptors (Lipinski definition) is 6. The number of carbonyl (C=O) groups excluding carboxylic acids is 3. The van der Waals surface area contributed by atoms with Gasteiger partial charge < -0.3 is 19.7 Å². The minimum atomic E-state index is -0.949. The third kappa shape index (κ3) is 5.19. The number of rotatable bonds is 7. The molecule has 0 radical (unpaired) electrons. The zero-order valence-corrected chi connectivity index (χ0v) is 16.0. The van der Waals surface area contributed by atoms with Gasteiger partial charge in [-0.25, -0.2) is 4.79 Å². The molecule has 0 spiro atoms. The Morgan fingerprint density at radius 3 is 2.44 bits per heavy atom. The Hall–Kier alpha value is -2.61. The summed E-state index contributed by atoms with van der Waals surface area (Å²) >= 11 is 0. The first kappa shape index (κ1) is 20.7. The second-order valence-corrected chi connectivity index (χ2v) is 6.48. The predicted octanol–water partition coefficient (Wildman–Crippen LogP) is 1.80. The van der Waals surface area contributed by atoms with Gasteiger partial charge in [-0.15, -0.1) is 0 Å².